The number of amides is 2. The van der Waals surface area contributed by atoms with Gasteiger partial charge in [0.05, 0.1) is 12.3 Å². The minimum atomic E-state index is -0.614. The smallest absolute Gasteiger partial charge is 0.307 e. The van der Waals surface area contributed by atoms with Crippen molar-refractivity contribution in [3.63, 3.8) is 0 Å². The molecule has 1 aliphatic heterocycles. The first-order valence-electron chi connectivity index (χ1n) is 9.87. The molecule has 7 nitrogen and oxygen atoms in total. The molecule has 0 aromatic carbocycles. The molecule has 1 unspecified atom stereocenters. The SMILES string of the molecule is CN(C)C(=O)C1CC=NN1C(=O)[C@@H](CC(=O)OC(C)(C)C)CC1CCCC1. The van der Waals surface area contributed by atoms with E-state index in [1.54, 1.807) is 20.3 Å². The Bertz CT molecular complexity index is 589. The van der Waals surface area contributed by atoms with Gasteiger partial charge in [-0.05, 0) is 33.1 Å². The van der Waals surface area contributed by atoms with Crippen LogP contribution in [0.15, 0.2) is 5.10 Å². The second-order valence-corrected chi connectivity index (χ2v) is 8.84. The summed E-state index contributed by atoms with van der Waals surface area (Å²) >= 11 is 0. The number of rotatable bonds is 6. The Morgan fingerprint density at radius 2 is 1.85 bits per heavy atom. The van der Waals surface area contributed by atoms with E-state index in [1.807, 2.05) is 20.8 Å². The van der Waals surface area contributed by atoms with Crippen molar-refractivity contribution in [2.75, 3.05) is 14.1 Å². The predicted molar refractivity (Wildman–Crippen MR) is 103 cm³/mol. The first-order valence-corrected chi connectivity index (χ1v) is 9.87. The van der Waals surface area contributed by atoms with Crippen molar-refractivity contribution in [3.05, 3.63) is 0 Å². The maximum Gasteiger partial charge on any atom is 0.307 e. The number of esters is 1. The summed E-state index contributed by atoms with van der Waals surface area (Å²) in [6.07, 6.45) is 7.19. The molecule has 0 aromatic heterocycles. The topological polar surface area (TPSA) is 79.3 Å². The van der Waals surface area contributed by atoms with E-state index < -0.39 is 17.6 Å². The van der Waals surface area contributed by atoms with Crippen LogP contribution in [0.3, 0.4) is 0 Å². The van der Waals surface area contributed by atoms with Gasteiger partial charge in [0.15, 0.2) is 0 Å². The lowest BCUT2D eigenvalue weighted by molar-refractivity contribution is -0.159. The van der Waals surface area contributed by atoms with Crippen LogP contribution in [0.4, 0.5) is 0 Å². The third kappa shape index (κ3) is 6.04. The minimum Gasteiger partial charge on any atom is -0.460 e. The first-order chi connectivity index (χ1) is 12.6. The van der Waals surface area contributed by atoms with Crippen LogP contribution in [0, 0.1) is 11.8 Å². The van der Waals surface area contributed by atoms with Gasteiger partial charge in [0.1, 0.15) is 11.6 Å². The van der Waals surface area contributed by atoms with Crippen molar-refractivity contribution in [3.8, 4) is 0 Å². The number of likely N-dealkylation sites (N-methyl/N-ethyl adjacent to an activating group) is 1. The van der Waals surface area contributed by atoms with E-state index in [1.165, 1.54) is 22.8 Å². The van der Waals surface area contributed by atoms with E-state index >= 15 is 0 Å². The number of ether oxygens (including phenoxy) is 1. The average Bonchev–Trinajstić information content (AvgIpc) is 3.22. The predicted octanol–water partition coefficient (Wildman–Crippen LogP) is 2.59. The van der Waals surface area contributed by atoms with Gasteiger partial charge in [0.25, 0.3) is 0 Å². The highest BCUT2D eigenvalue weighted by molar-refractivity contribution is 5.93. The molecular formula is C20H33N3O4. The van der Waals surface area contributed by atoms with E-state index in [9.17, 15) is 14.4 Å². The van der Waals surface area contributed by atoms with Crippen LogP contribution in [0.1, 0.15) is 65.7 Å². The molecular weight excluding hydrogens is 346 g/mol. The molecule has 0 N–H and O–H groups in total. The number of carbonyl (C=O) groups excluding carboxylic acids is 3. The summed E-state index contributed by atoms with van der Waals surface area (Å²) in [7, 11) is 3.33. The molecule has 152 valence electrons. The summed E-state index contributed by atoms with van der Waals surface area (Å²) < 4.78 is 5.43. The lowest BCUT2D eigenvalue weighted by Crippen LogP contribution is -2.46. The van der Waals surface area contributed by atoms with Crippen molar-refractivity contribution in [1.29, 1.82) is 0 Å². The maximum atomic E-state index is 13.2. The lowest BCUT2D eigenvalue weighted by atomic mass is 9.89. The van der Waals surface area contributed by atoms with Gasteiger partial charge in [0.2, 0.25) is 11.8 Å². The zero-order valence-electron chi connectivity index (χ0n) is 17.2. The number of carbonyl (C=O) groups is 3. The van der Waals surface area contributed by atoms with E-state index in [0.717, 1.165) is 12.8 Å². The third-order valence-electron chi connectivity index (χ3n) is 5.06. The molecule has 2 atom stereocenters. The molecule has 27 heavy (non-hydrogen) atoms. The van der Waals surface area contributed by atoms with Crippen molar-refractivity contribution in [2.24, 2.45) is 16.9 Å². The van der Waals surface area contributed by atoms with E-state index in [0.29, 0.717) is 18.8 Å². The third-order valence-corrected chi connectivity index (χ3v) is 5.06. The van der Waals surface area contributed by atoms with Crippen molar-refractivity contribution >= 4 is 24.0 Å². The highest BCUT2D eigenvalue weighted by Crippen LogP contribution is 2.33. The van der Waals surface area contributed by atoms with Gasteiger partial charge in [-0.15, -0.1) is 0 Å². The summed E-state index contributed by atoms with van der Waals surface area (Å²) in [5, 5.41) is 5.44. The maximum absolute atomic E-state index is 13.2. The molecule has 1 aliphatic carbocycles. The highest BCUT2D eigenvalue weighted by atomic mass is 16.6. The number of nitrogens with zero attached hydrogens (tertiary/aromatic N) is 3. The van der Waals surface area contributed by atoms with Gasteiger partial charge in [0, 0.05) is 26.7 Å². The molecule has 0 radical (unpaired) electrons. The Hall–Kier alpha value is -1.92. The fraction of sp³-hybridized carbons (Fsp3) is 0.800. The molecule has 0 spiro atoms. The molecule has 1 heterocycles. The summed E-state index contributed by atoms with van der Waals surface area (Å²) in [4.78, 5) is 39.5. The molecule has 1 fully saturated rings. The largest absolute Gasteiger partial charge is 0.460 e. The Kier molecular flexibility index (Phi) is 7.00. The second-order valence-electron chi connectivity index (χ2n) is 8.84. The molecule has 2 amide bonds. The normalized spacial score (nSPS) is 21.4. The van der Waals surface area contributed by atoms with Gasteiger partial charge >= 0.3 is 5.97 Å². The number of hydrogen-bond acceptors (Lipinski definition) is 5. The molecule has 0 saturated heterocycles. The van der Waals surface area contributed by atoms with Crippen LogP contribution in [0.5, 0.6) is 0 Å². The fourth-order valence-corrected chi connectivity index (χ4v) is 3.82. The number of hydrogen-bond donors (Lipinski definition) is 0. The molecule has 2 aliphatic rings. The summed E-state index contributed by atoms with van der Waals surface area (Å²) in [6.45, 7) is 5.44. The quantitative estimate of drug-likeness (QED) is 0.665. The zero-order valence-corrected chi connectivity index (χ0v) is 17.2. The fourth-order valence-electron chi connectivity index (χ4n) is 3.82. The standard InChI is InChI=1S/C20H33N3O4/c1-20(2,3)27-17(24)13-15(12-14-8-6-7-9-14)18(25)23-16(10-11-21-23)19(26)22(4)5/h11,14-16H,6-10,12-13H2,1-5H3/t15-,16?/m1/s1. The first kappa shape index (κ1) is 21.4. The average molecular weight is 380 g/mol. The van der Waals surface area contributed by atoms with E-state index in [2.05, 4.69) is 5.10 Å². The van der Waals surface area contributed by atoms with Crippen LogP contribution in [0.2, 0.25) is 0 Å². The van der Waals surface area contributed by atoms with Crippen LogP contribution in [-0.4, -0.2) is 59.6 Å². The Morgan fingerprint density at radius 1 is 1.22 bits per heavy atom. The minimum absolute atomic E-state index is 0.0293. The van der Waals surface area contributed by atoms with Crippen LogP contribution >= 0.6 is 0 Å². The van der Waals surface area contributed by atoms with Gasteiger partial charge in [-0.3, -0.25) is 14.4 Å². The van der Waals surface area contributed by atoms with E-state index in [-0.39, 0.29) is 24.2 Å². The Balaban J connectivity index is 2.12. The van der Waals surface area contributed by atoms with Crippen molar-refractivity contribution in [1.82, 2.24) is 9.91 Å². The van der Waals surface area contributed by atoms with Gasteiger partial charge in [-0.25, -0.2) is 5.01 Å². The van der Waals surface area contributed by atoms with Gasteiger partial charge in [-0.1, -0.05) is 25.7 Å². The molecule has 7 heteroatoms. The monoisotopic (exact) mass is 379 g/mol. The van der Waals surface area contributed by atoms with Crippen molar-refractivity contribution < 1.29 is 19.1 Å². The molecule has 0 bridgehead atoms. The lowest BCUT2D eigenvalue weighted by Gasteiger charge is -2.29. The second kappa shape index (κ2) is 8.85. The van der Waals surface area contributed by atoms with Crippen LogP contribution in [0.25, 0.3) is 0 Å². The van der Waals surface area contributed by atoms with Gasteiger partial charge < -0.3 is 9.64 Å². The van der Waals surface area contributed by atoms with Crippen LogP contribution < -0.4 is 0 Å². The Labute approximate surface area is 162 Å². The van der Waals surface area contributed by atoms with E-state index in [4.69, 9.17) is 4.74 Å². The molecule has 1 saturated carbocycles. The highest BCUT2D eigenvalue weighted by Gasteiger charge is 2.39. The van der Waals surface area contributed by atoms with Crippen LogP contribution in [-0.2, 0) is 19.1 Å². The molecule has 0 aromatic rings. The Morgan fingerprint density at radius 3 is 2.41 bits per heavy atom. The summed E-state index contributed by atoms with van der Waals surface area (Å²) in [5.41, 5.74) is -0.590. The zero-order chi connectivity index (χ0) is 20.2. The summed E-state index contributed by atoms with van der Waals surface area (Å²) in [6, 6.07) is -0.614. The van der Waals surface area contributed by atoms with Crippen molar-refractivity contribution in [2.45, 2.75) is 77.4 Å². The molecule has 2 rings (SSSR count). The number of hydrazone groups is 1. The summed E-state index contributed by atoms with van der Waals surface area (Å²) in [5.74, 6) is -0.844. The van der Waals surface area contributed by atoms with Gasteiger partial charge in [-0.2, -0.15) is 5.10 Å².